The summed E-state index contributed by atoms with van der Waals surface area (Å²) in [6.07, 6.45) is 9.34. The van der Waals surface area contributed by atoms with E-state index in [2.05, 4.69) is 11.0 Å². The van der Waals surface area contributed by atoms with E-state index >= 15 is 0 Å². The number of hydrogen-bond acceptors (Lipinski definition) is 5. The van der Waals surface area contributed by atoms with Crippen LogP contribution in [0.15, 0.2) is 6.07 Å². The zero-order valence-corrected chi connectivity index (χ0v) is 16.3. The molecule has 1 aliphatic heterocycles. The lowest BCUT2D eigenvalue weighted by Gasteiger charge is -2.23. The molecular weight excluding hydrogens is 330 g/mol. The second-order valence-corrected chi connectivity index (χ2v) is 8.70. The van der Waals surface area contributed by atoms with Gasteiger partial charge in [-0.05, 0) is 51.1 Å². The number of fused-ring (bicyclic) bond motifs is 1. The summed E-state index contributed by atoms with van der Waals surface area (Å²) in [5.74, 6) is 1.65. The summed E-state index contributed by atoms with van der Waals surface area (Å²) < 4.78 is 5.42. The van der Waals surface area contributed by atoms with Crippen molar-refractivity contribution in [2.45, 2.75) is 70.4 Å². The fourth-order valence-corrected chi connectivity index (χ4v) is 5.77. The molecule has 1 saturated carbocycles. The second kappa shape index (κ2) is 7.68. The van der Waals surface area contributed by atoms with Gasteiger partial charge in [0.15, 0.2) is 0 Å². The molecule has 4 rings (SSSR count). The van der Waals surface area contributed by atoms with Crippen LogP contribution >= 0.6 is 11.3 Å². The molecular formula is C20H29N3OS. The maximum absolute atomic E-state index is 5.42. The number of methoxy groups -OCH3 is 1. The van der Waals surface area contributed by atoms with Gasteiger partial charge in [0.1, 0.15) is 10.7 Å². The van der Waals surface area contributed by atoms with Crippen molar-refractivity contribution in [3.63, 3.8) is 0 Å². The van der Waals surface area contributed by atoms with E-state index in [1.807, 2.05) is 18.3 Å². The highest BCUT2D eigenvalue weighted by Gasteiger charge is 2.26. The maximum Gasteiger partial charge on any atom is 0.127 e. The third-order valence-electron chi connectivity index (χ3n) is 5.82. The first-order valence-corrected chi connectivity index (χ1v) is 10.6. The standard InChI is InChI=1S/C20H29N3OS/c1-14-21-18(12-23-10-6-9-16(23)13-24-2)17-11-19(25-20(17)22-14)15-7-4-3-5-8-15/h11,15-16H,3-10,12-13H2,1-2H3/t16-/m1/s1. The van der Waals surface area contributed by atoms with Crippen LogP contribution in [-0.2, 0) is 11.3 Å². The van der Waals surface area contributed by atoms with Crippen molar-refractivity contribution >= 4 is 21.6 Å². The van der Waals surface area contributed by atoms with Gasteiger partial charge in [-0.3, -0.25) is 4.90 Å². The molecule has 0 amide bonds. The smallest absolute Gasteiger partial charge is 0.127 e. The quantitative estimate of drug-likeness (QED) is 0.778. The van der Waals surface area contributed by atoms with Crippen LogP contribution in [0, 0.1) is 6.92 Å². The predicted octanol–water partition coefficient (Wildman–Crippen LogP) is 4.66. The number of aromatic nitrogens is 2. The number of thiophene rings is 1. The van der Waals surface area contributed by atoms with Gasteiger partial charge in [0.05, 0.1) is 12.3 Å². The normalized spacial score (nSPS) is 22.9. The molecule has 0 radical (unpaired) electrons. The molecule has 0 aromatic carbocycles. The molecule has 136 valence electrons. The second-order valence-electron chi connectivity index (χ2n) is 7.64. The van der Waals surface area contributed by atoms with E-state index in [1.54, 1.807) is 7.11 Å². The van der Waals surface area contributed by atoms with Crippen LogP contribution in [0.4, 0.5) is 0 Å². The van der Waals surface area contributed by atoms with Gasteiger partial charge < -0.3 is 4.74 Å². The summed E-state index contributed by atoms with van der Waals surface area (Å²) in [6.45, 7) is 4.93. The molecule has 1 saturated heterocycles. The van der Waals surface area contributed by atoms with Gasteiger partial charge in [0, 0.05) is 30.0 Å². The Morgan fingerprint density at radius 3 is 2.80 bits per heavy atom. The Kier molecular flexibility index (Phi) is 5.34. The molecule has 1 atom stereocenters. The molecule has 0 unspecified atom stereocenters. The lowest BCUT2D eigenvalue weighted by Crippen LogP contribution is -2.32. The van der Waals surface area contributed by atoms with Crippen molar-refractivity contribution in [3.8, 4) is 0 Å². The van der Waals surface area contributed by atoms with Crippen LogP contribution in [0.2, 0.25) is 0 Å². The Balaban J connectivity index is 1.62. The molecule has 2 aromatic heterocycles. The third-order valence-corrected chi connectivity index (χ3v) is 7.01. The van der Waals surface area contributed by atoms with Crippen LogP contribution in [0.25, 0.3) is 10.2 Å². The average molecular weight is 360 g/mol. The van der Waals surface area contributed by atoms with Crippen LogP contribution in [0.5, 0.6) is 0 Å². The lowest BCUT2D eigenvalue weighted by molar-refractivity contribution is 0.111. The molecule has 5 heteroatoms. The fraction of sp³-hybridized carbons (Fsp3) is 0.700. The minimum atomic E-state index is 0.534. The molecule has 3 heterocycles. The number of likely N-dealkylation sites (tertiary alicyclic amines) is 1. The van der Waals surface area contributed by atoms with E-state index in [1.165, 1.54) is 65.7 Å². The van der Waals surface area contributed by atoms with Crippen LogP contribution in [0.3, 0.4) is 0 Å². The fourth-order valence-electron chi connectivity index (χ4n) is 4.50. The Hall–Kier alpha value is -1.04. The highest BCUT2D eigenvalue weighted by molar-refractivity contribution is 7.18. The topological polar surface area (TPSA) is 38.2 Å². The van der Waals surface area contributed by atoms with Gasteiger partial charge in [-0.25, -0.2) is 9.97 Å². The maximum atomic E-state index is 5.42. The number of nitrogens with zero attached hydrogens (tertiary/aromatic N) is 3. The number of aryl methyl sites for hydroxylation is 1. The SMILES string of the molecule is COC[C@H]1CCCN1Cc1nc(C)nc2sc(C3CCCCC3)cc12. The average Bonchev–Trinajstić information content (AvgIpc) is 3.23. The first-order valence-electron chi connectivity index (χ1n) is 9.74. The number of rotatable bonds is 5. The van der Waals surface area contributed by atoms with Crippen LogP contribution < -0.4 is 0 Å². The summed E-state index contributed by atoms with van der Waals surface area (Å²) in [5.41, 5.74) is 1.21. The van der Waals surface area contributed by atoms with Crippen molar-refractivity contribution in [1.29, 1.82) is 0 Å². The summed E-state index contributed by atoms with van der Waals surface area (Å²) in [4.78, 5) is 14.8. The van der Waals surface area contributed by atoms with Gasteiger partial charge in [-0.15, -0.1) is 11.3 Å². The number of hydrogen-bond donors (Lipinski definition) is 0. The Bertz CT molecular complexity index is 723. The summed E-state index contributed by atoms with van der Waals surface area (Å²) in [6, 6.07) is 2.94. The zero-order chi connectivity index (χ0) is 17.2. The monoisotopic (exact) mass is 359 g/mol. The zero-order valence-electron chi connectivity index (χ0n) is 15.5. The van der Waals surface area contributed by atoms with Crippen molar-refractivity contribution in [1.82, 2.24) is 14.9 Å². The van der Waals surface area contributed by atoms with Gasteiger partial charge in [-0.1, -0.05) is 19.3 Å². The predicted molar refractivity (Wildman–Crippen MR) is 103 cm³/mol. The molecule has 0 bridgehead atoms. The Morgan fingerprint density at radius 1 is 1.16 bits per heavy atom. The van der Waals surface area contributed by atoms with Gasteiger partial charge in [0.25, 0.3) is 0 Å². The Labute approximate surface area is 154 Å². The largest absolute Gasteiger partial charge is 0.383 e. The minimum Gasteiger partial charge on any atom is -0.383 e. The molecule has 1 aliphatic carbocycles. The highest BCUT2D eigenvalue weighted by Crippen LogP contribution is 2.39. The van der Waals surface area contributed by atoms with Crippen molar-refractivity contribution in [2.75, 3.05) is 20.3 Å². The van der Waals surface area contributed by atoms with Gasteiger partial charge in [0.2, 0.25) is 0 Å². The molecule has 2 aromatic rings. The van der Waals surface area contributed by atoms with E-state index in [0.717, 1.165) is 31.4 Å². The van der Waals surface area contributed by atoms with E-state index in [0.29, 0.717) is 6.04 Å². The summed E-state index contributed by atoms with van der Waals surface area (Å²) in [5, 5.41) is 1.29. The van der Waals surface area contributed by atoms with E-state index in [9.17, 15) is 0 Å². The minimum absolute atomic E-state index is 0.534. The van der Waals surface area contributed by atoms with E-state index in [-0.39, 0.29) is 0 Å². The van der Waals surface area contributed by atoms with E-state index in [4.69, 9.17) is 14.7 Å². The van der Waals surface area contributed by atoms with Crippen molar-refractivity contribution < 1.29 is 4.74 Å². The van der Waals surface area contributed by atoms with E-state index < -0.39 is 0 Å². The lowest BCUT2D eigenvalue weighted by atomic mass is 9.88. The summed E-state index contributed by atoms with van der Waals surface area (Å²) in [7, 11) is 1.80. The number of ether oxygens (including phenoxy) is 1. The van der Waals surface area contributed by atoms with Crippen LogP contribution in [0.1, 0.15) is 67.3 Å². The van der Waals surface area contributed by atoms with Gasteiger partial charge >= 0.3 is 0 Å². The molecule has 4 nitrogen and oxygen atoms in total. The first-order chi connectivity index (χ1) is 12.2. The van der Waals surface area contributed by atoms with Gasteiger partial charge in [-0.2, -0.15) is 0 Å². The third kappa shape index (κ3) is 3.74. The molecule has 0 spiro atoms. The summed E-state index contributed by atoms with van der Waals surface area (Å²) >= 11 is 1.91. The van der Waals surface area contributed by atoms with Crippen LogP contribution in [-0.4, -0.2) is 41.2 Å². The van der Waals surface area contributed by atoms with Crippen molar-refractivity contribution in [2.24, 2.45) is 0 Å². The Morgan fingerprint density at radius 2 is 2.00 bits per heavy atom. The molecule has 0 N–H and O–H groups in total. The van der Waals surface area contributed by atoms with Crippen molar-refractivity contribution in [3.05, 3.63) is 22.5 Å². The molecule has 2 aliphatic rings. The highest BCUT2D eigenvalue weighted by atomic mass is 32.1. The molecule has 25 heavy (non-hydrogen) atoms. The first kappa shape index (κ1) is 17.4. The molecule has 2 fully saturated rings.